The largest absolute Gasteiger partial charge is 0.396 e. The van der Waals surface area contributed by atoms with Crippen molar-refractivity contribution in [1.82, 2.24) is 4.90 Å². The van der Waals surface area contributed by atoms with Crippen LogP contribution in [0.3, 0.4) is 0 Å². The van der Waals surface area contributed by atoms with Gasteiger partial charge in [0.2, 0.25) is 5.91 Å². The fraction of sp³-hybridized carbons (Fsp3) is 0.889. The summed E-state index contributed by atoms with van der Waals surface area (Å²) in [7, 11) is 0. The van der Waals surface area contributed by atoms with E-state index in [1.807, 2.05) is 11.8 Å². The summed E-state index contributed by atoms with van der Waals surface area (Å²) in [5, 5.41) is 8.72. The highest BCUT2D eigenvalue weighted by Crippen LogP contribution is 2.09. The van der Waals surface area contributed by atoms with Crippen LogP contribution in [0.1, 0.15) is 19.8 Å². The second kappa shape index (κ2) is 5.19. The number of aliphatic hydroxyl groups is 1. The van der Waals surface area contributed by atoms with Gasteiger partial charge in [-0.2, -0.15) is 0 Å². The van der Waals surface area contributed by atoms with Crippen LogP contribution in [0.4, 0.5) is 0 Å². The van der Waals surface area contributed by atoms with Crippen molar-refractivity contribution >= 4 is 5.91 Å². The predicted octanol–water partition coefficient (Wildman–Crippen LogP) is 0.00620. The van der Waals surface area contributed by atoms with E-state index in [2.05, 4.69) is 0 Å². The number of morpholine rings is 1. The lowest BCUT2D eigenvalue weighted by molar-refractivity contribution is -0.149. The zero-order chi connectivity index (χ0) is 9.68. The molecule has 0 spiro atoms. The number of nitrogens with zero attached hydrogens (tertiary/aromatic N) is 1. The minimum atomic E-state index is 0.0225. The van der Waals surface area contributed by atoms with Gasteiger partial charge in [0.25, 0.3) is 0 Å². The Morgan fingerprint density at radius 3 is 3.08 bits per heavy atom. The molecule has 0 aromatic carbocycles. The second-order valence-corrected chi connectivity index (χ2v) is 3.29. The number of amides is 1. The Labute approximate surface area is 78.5 Å². The molecule has 1 N–H and O–H groups in total. The fourth-order valence-corrected chi connectivity index (χ4v) is 1.49. The molecule has 1 aliphatic rings. The molecule has 1 amide bonds. The average molecular weight is 187 g/mol. The monoisotopic (exact) mass is 187 g/mol. The molecule has 0 aliphatic carbocycles. The Bertz CT molecular complexity index is 172. The lowest BCUT2D eigenvalue weighted by atomic mass is 10.2. The van der Waals surface area contributed by atoms with Crippen LogP contribution in [0.15, 0.2) is 0 Å². The van der Waals surface area contributed by atoms with E-state index in [9.17, 15) is 4.79 Å². The molecule has 0 radical (unpaired) electrons. The topological polar surface area (TPSA) is 49.8 Å². The van der Waals surface area contributed by atoms with Crippen LogP contribution in [0, 0.1) is 0 Å². The zero-order valence-electron chi connectivity index (χ0n) is 8.03. The van der Waals surface area contributed by atoms with E-state index in [1.165, 1.54) is 0 Å². The third-order valence-electron chi connectivity index (χ3n) is 2.16. The van der Waals surface area contributed by atoms with Gasteiger partial charge in [0.15, 0.2) is 0 Å². The SMILES string of the molecule is CCCN1CC(CCO)OCC1=O. The summed E-state index contributed by atoms with van der Waals surface area (Å²) in [5.74, 6) is 0.0658. The van der Waals surface area contributed by atoms with Crippen LogP contribution in [0.25, 0.3) is 0 Å². The highest BCUT2D eigenvalue weighted by Gasteiger charge is 2.24. The summed E-state index contributed by atoms with van der Waals surface area (Å²) in [6.07, 6.45) is 1.61. The maximum atomic E-state index is 11.3. The van der Waals surface area contributed by atoms with Crippen molar-refractivity contribution in [3.8, 4) is 0 Å². The number of rotatable bonds is 4. The van der Waals surface area contributed by atoms with Gasteiger partial charge in [-0.25, -0.2) is 0 Å². The molecule has 4 nitrogen and oxygen atoms in total. The molecule has 1 fully saturated rings. The normalized spacial score (nSPS) is 23.7. The molecule has 1 rings (SSSR count). The van der Waals surface area contributed by atoms with Gasteiger partial charge in [-0.1, -0.05) is 6.92 Å². The van der Waals surface area contributed by atoms with Gasteiger partial charge >= 0.3 is 0 Å². The summed E-state index contributed by atoms with van der Waals surface area (Å²) >= 11 is 0. The average Bonchev–Trinajstić information content (AvgIpc) is 2.12. The fourth-order valence-electron chi connectivity index (χ4n) is 1.49. The van der Waals surface area contributed by atoms with Crippen molar-refractivity contribution in [2.75, 3.05) is 26.3 Å². The van der Waals surface area contributed by atoms with E-state index in [-0.39, 0.29) is 25.2 Å². The van der Waals surface area contributed by atoms with E-state index in [0.29, 0.717) is 13.0 Å². The number of ether oxygens (including phenoxy) is 1. The number of carbonyl (C=O) groups excluding carboxylic acids is 1. The predicted molar refractivity (Wildman–Crippen MR) is 48.3 cm³/mol. The number of hydrogen-bond acceptors (Lipinski definition) is 3. The molecular formula is C9H17NO3. The molecule has 1 heterocycles. The van der Waals surface area contributed by atoms with E-state index in [4.69, 9.17) is 9.84 Å². The minimum Gasteiger partial charge on any atom is -0.396 e. The van der Waals surface area contributed by atoms with Crippen molar-refractivity contribution in [1.29, 1.82) is 0 Å². The van der Waals surface area contributed by atoms with E-state index < -0.39 is 0 Å². The molecule has 0 aromatic rings. The molecule has 0 saturated carbocycles. The zero-order valence-corrected chi connectivity index (χ0v) is 8.03. The van der Waals surface area contributed by atoms with Gasteiger partial charge in [-0.15, -0.1) is 0 Å². The van der Waals surface area contributed by atoms with Crippen molar-refractivity contribution in [2.45, 2.75) is 25.9 Å². The van der Waals surface area contributed by atoms with Gasteiger partial charge < -0.3 is 14.7 Å². The Hall–Kier alpha value is -0.610. The van der Waals surface area contributed by atoms with Gasteiger partial charge in [-0.3, -0.25) is 4.79 Å². The summed E-state index contributed by atoms with van der Waals surface area (Å²) in [6, 6.07) is 0. The summed E-state index contributed by atoms with van der Waals surface area (Å²) < 4.78 is 5.26. The van der Waals surface area contributed by atoms with Crippen LogP contribution in [-0.4, -0.2) is 48.3 Å². The molecule has 1 saturated heterocycles. The first-order valence-corrected chi connectivity index (χ1v) is 4.78. The standard InChI is InChI=1S/C9H17NO3/c1-2-4-10-6-8(3-5-11)13-7-9(10)12/h8,11H,2-7H2,1H3. The summed E-state index contributed by atoms with van der Waals surface area (Å²) in [4.78, 5) is 13.1. The van der Waals surface area contributed by atoms with E-state index in [0.717, 1.165) is 13.0 Å². The van der Waals surface area contributed by atoms with Crippen LogP contribution in [0.5, 0.6) is 0 Å². The summed E-state index contributed by atoms with van der Waals surface area (Å²) in [5.41, 5.74) is 0. The molecule has 1 unspecified atom stereocenters. The van der Waals surface area contributed by atoms with Crippen molar-refractivity contribution in [2.24, 2.45) is 0 Å². The van der Waals surface area contributed by atoms with Gasteiger partial charge in [0, 0.05) is 19.7 Å². The van der Waals surface area contributed by atoms with Gasteiger partial charge in [0.05, 0.1) is 6.10 Å². The first-order valence-electron chi connectivity index (χ1n) is 4.78. The summed E-state index contributed by atoms with van der Waals surface area (Å²) in [6.45, 7) is 3.77. The molecule has 13 heavy (non-hydrogen) atoms. The van der Waals surface area contributed by atoms with Gasteiger partial charge in [-0.05, 0) is 12.8 Å². The Balaban J connectivity index is 2.38. The highest BCUT2D eigenvalue weighted by atomic mass is 16.5. The smallest absolute Gasteiger partial charge is 0.248 e. The Kier molecular flexibility index (Phi) is 4.18. The van der Waals surface area contributed by atoms with Crippen LogP contribution in [-0.2, 0) is 9.53 Å². The van der Waals surface area contributed by atoms with Crippen LogP contribution in [0.2, 0.25) is 0 Å². The molecule has 0 aromatic heterocycles. The van der Waals surface area contributed by atoms with E-state index in [1.54, 1.807) is 0 Å². The maximum Gasteiger partial charge on any atom is 0.248 e. The number of aliphatic hydroxyl groups excluding tert-OH is 1. The Morgan fingerprint density at radius 2 is 2.46 bits per heavy atom. The number of hydrogen-bond donors (Lipinski definition) is 1. The van der Waals surface area contributed by atoms with Crippen molar-refractivity contribution in [3.05, 3.63) is 0 Å². The van der Waals surface area contributed by atoms with E-state index >= 15 is 0 Å². The van der Waals surface area contributed by atoms with Crippen molar-refractivity contribution in [3.63, 3.8) is 0 Å². The first kappa shape index (κ1) is 10.5. The Morgan fingerprint density at radius 1 is 1.69 bits per heavy atom. The molecule has 4 heteroatoms. The first-order chi connectivity index (χ1) is 6.27. The quantitative estimate of drug-likeness (QED) is 0.674. The number of carbonyl (C=O) groups is 1. The van der Waals surface area contributed by atoms with Crippen LogP contribution >= 0.6 is 0 Å². The molecule has 1 atom stereocenters. The molecule has 0 bridgehead atoms. The molecule has 1 aliphatic heterocycles. The van der Waals surface area contributed by atoms with Crippen LogP contribution < -0.4 is 0 Å². The van der Waals surface area contributed by atoms with Crippen molar-refractivity contribution < 1.29 is 14.6 Å². The lowest BCUT2D eigenvalue weighted by Gasteiger charge is -2.32. The van der Waals surface area contributed by atoms with Gasteiger partial charge in [0.1, 0.15) is 6.61 Å². The maximum absolute atomic E-state index is 11.3. The molecular weight excluding hydrogens is 170 g/mol. The minimum absolute atomic E-state index is 0.0225. The highest BCUT2D eigenvalue weighted by molar-refractivity contribution is 5.78. The lowest BCUT2D eigenvalue weighted by Crippen LogP contribution is -2.47. The second-order valence-electron chi connectivity index (χ2n) is 3.29. The molecule has 76 valence electrons. The third-order valence-corrected chi connectivity index (χ3v) is 2.16. The third kappa shape index (κ3) is 2.97.